The van der Waals surface area contributed by atoms with Gasteiger partial charge >= 0.3 is 5.97 Å². The van der Waals surface area contributed by atoms with E-state index in [1.807, 2.05) is 13.0 Å². The van der Waals surface area contributed by atoms with E-state index in [0.29, 0.717) is 37.8 Å². The van der Waals surface area contributed by atoms with Crippen molar-refractivity contribution in [1.82, 2.24) is 5.32 Å². The van der Waals surface area contributed by atoms with E-state index in [9.17, 15) is 18.0 Å². The third-order valence-corrected chi connectivity index (χ3v) is 7.93. The number of unbranched alkanes of at least 4 members (excludes halogenated alkanes) is 1. The number of carbonyl (C=O) groups is 2. The summed E-state index contributed by atoms with van der Waals surface area (Å²) in [6.45, 7) is 3.96. The van der Waals surface area contributed by atoms with Crippen LogP contribution >= 0.6 is 0 Å². The molecule has 0 saturated heterocycles. The molecule has 1 fully saturated rings. The Balaban J connectivity index is 2.15. The Morgan fingerprint density at radius 2 is 1.81 bits per heavy atom. The van der Waals surface area contributed by atoms with Gasteiger partial charge in [0.2, 0.25) is 5.91 Å². The number of benzene rings is 1. The Morgan fingerprint density at radius 1 is 1.15 bits per heavy atom. The Morgan fingerprint density at radius 3 is 2.44 bits per heavy atom. The van der Waals surface area contributed by atoms with E-state index < -0.39 is 20.5 Å². The summed E-state index contributed by atoms with van der Waals surface area (Å²) in [5, 5.41) is 2.80. The molecule has 0 radical (unpaired) electrons. The van der Waals surface area contributed by atoms with E-state index in [1.165, 1.54) is 7.11 Å². The zero-order valence-electron chi connectivity index (χ0n) is 16.3. The molecule has 0 spiro atoms. The van der Waals surface area contributed by atoms with Gasteiger partial charge in [-0.1, -0.05) is 25.0 Å². The highest BCUT2D eigenvalue weighted by Crippen LogP contribution is 2.41. The second kappa shape index (κ2) is 8.87. The third kappa shape index (κ3) is 4.51. The van der Waals surface area contributed by atoms with E-state index >= 15 is 0 Å². The quantitative estimate of drug-likeness (QED) is 0.540. The molecule has 1 aliphatic rings. The minimum atomic E-state index is -3.80. The summed E-state index contributed by atoms with van der Waals surface area (Å²) in [5.41, 5.74) is 1.52. The molecule has 1 aromatic rings. The first-order valence-corrected chi connectivity index (χ1v) is 10.9. The fourth-order valence-electron chi connectivity index (χ4n) is 3.63. The van der Waals surface area contributed by atoms with Crippen molar-refractivity contribution in [3.63, 3.8) is 0 Å². The van der Waals surface area contributed by atoms with E-state index in [0.717, 1.165) is 18.4 Å². The van der Waals surface area contributed by atoms with Gasteiger partial charge in [-0.15, -0.1) is 0 Å². The average molecular weight is 396 g/mol. The first kappa shape index (κ1) is 21.4. The molecule has 0 bridgehead atoms. The zero-order chi connectivity index (χ0) is 20.1. The molecule has 1 aromatic carbocycles. The highest BCUT2D eigenvalue weighted by Gasteiger charge is 2.53. The summed E-state index contributed by atoms with van der Waals surface area (Å²) in [6.07, 6.45) is 3.61. The maximum atomic E-state index is 13.5. The molecule has 150 valence electrons. The lowest BCUT2D eigenvalue weighted by Crippen LogP contribution is -2.51. The maximum absolute atomic E-state index is 13.5. The smallest absolute Gasteiger partial charge is 0.305 e. The summed E-state index contributed by atoms with van der Waals surface area (Å²) in [6, 6.07) is 5.32. The van der Waals surface area contributed by atoms with Gasteiger partial charge in [0.25, 0.3) is 0 Å². The lowest BCUT2D eigenvalue weighted by Gasteiger charge is -2.28. The van der Waals surface area contributed by atoms with Gasteiger partial charge in [0, 0.05) is 13.0 Å². The molecule has 0 aliphatic heterocycles. The summed E-state index contributed by atoms with van der Waals surface area (Å²) >= 11 is 0. The van der Waals surface area contributed by atoms with Crippen molar-refractivity contribution in [3.8, 4) is 0 Å². The van der Waals surface area contributed by atoms with Crippen molar-refractivity contribution < 1.29 is 22.7 Å². The Hall–Kier alpha value is -1.89. The van der Waals surface area contributed by atoms with Crippen LogP contribution in [0.1, 0.15) is 56.1 Å². The molecule has 1 aliphatic carbocycles. The number of esters is 1. The van der Waals surface area contributed by atoms with Crippen LogP contribution in [0.25, 0.3) is 0 Å². The number of sulfone groups is 1. The van der Waals surface area contributed by atoms with Gasteiger partial charge in [-0.25, -0.2) is 8.42 Å². The van der Waals surface area contributed by atoms with Crippen LogP contribution < -0.4 is 5.32 Å². The number of ether oxygens (including phenoxy) is 1. The van der Waals surface area contributed by atoms with Crippen LogP contribution in [0.2, 0.25) is 0 Å². The van der Waals surface area contributed by atoms with Crippen LogP contribution in [0.15, 0.2) is 23.1 Å². The number of rotatable bonds is 8. The van der Waals surface area contributed by atoms with Gasteiger partial charge in [-0.2, -0.15) is 0 Å². The predicted molar refractivity (Wildman–Crippen MR) is 103 cm³/mol. The summed E-state index contributed by atoms with van der Waals surface area (Å²) < 4.78 is 30.1. The summed E-state index contributed by atoms with van der Waals surface area (Å²) in [7, 11) is -2.46. The largest absolute Gasteiger partial charge is 0.469 e. The van der Waals surface area contributed by atoms with Gasteiger partial charge in [-0.05, 0) is 56.7 Å². The SMILES string of the molecule is COC(=O)CCCCNC(=O)C1(S(=O)(=O)c2cc(C)ccc2C)CCCC1. The van der Waals surface area contributed by atoms with Gasteiger partial charge in [0.05, 0.1) is 12.0 Å². The number of hydrogen-bond donors (Lipinski definition) is 1. The second-order valence-corrected chi connectivity index (χ2v) is 9.49. The van der Waals surface area contributed by atoms with Crippen molar-refractivity contribution in [2.45, 2.75) is 68.4 Å². The number of hydrogen-bond acceptors (Lipinski definition) is 5. The molecule has 0 unspecified atom stereocenters. The highest BCUT2D eigenvalue weighted by molar-refractivity contribution is 7.93. The normalized spacial score (nSPS) is 16.1. The first-order chi connectivity index (χ1) is 12.7. The molecule has 0 heterocycles. The van der Waals surface area contributed by atoms with Crippen LogP contribution in [-0.2, 0) is 24.2 Å². The molecule has 0 aromatic heterocycles. The first-order valence-electron chi connectivity index (χ1n) is 9.41. The second-order valence-electron chi connectivity index (χ2n) is 7.26. The van der Waals surface area contributed by atoms with E-state index in [-0.39, 0.29) is 17.3 Å². The van der Waals surface area contributed by atoms with Crippen molar-refractivity contribution in [2.75, 3.05) is 13.7 Å². The van der Waals surface area contributed by atoms with Crippen LogP contribution in [0, 0.1) is 13.8 Å². The number of carbonyl (C=O) groups excluding carboxylic acids is 2. The van der Waals surface area contributed by atoms with E-state index in [1.54, 1.807) is 19.1 Å². The molecule has 0 atom stereocenters. The van der Waals surface area contributed by atoms with Crippen molar-refractivity contribution >= 4 is 21.7 Å². The van der Waals surface area contributed by atoms with Gasteiger partial charge in [0.1, 0.15) is 0 Å². The molecule has 2 rings (SSSR count). The van der Waals surface area contributed by atoms with Gasteiger partial charge < -0.3 is 10.1 Å². The maximum Gasteiger partial charge on any atom is 0.305 e. The van der Waals surface area contributed by atoms with Crippen molar-refractivity contribution in [3.05, 3.63) is 29.3 Å². The van der Waals surface area contributed by atoms with Crippen molar-refractivity contribution in [2.24, 2.45) is 0 Å². The summed E-state index contributed by atoms with van der Waals surface area (Å²) in [4.78, 5) is 24.3. The topological polar surface area (TPSA) is 89.5 Å². The van der Waals surface area contributed by atoms with Crippen LogP contribution in [-0.4, -0.2) is 38.7 Å². The van der Waals surface area contributed by atoms with Crippen LogP contribution in [0.3, 0.4) is 0 Å². The molecular formula is C20H29NO5S. The standard InChI is InChI=1S/C20H29NO5S/c1-15-9-10-16(2)17(14-15)27(24,25)20(11-5-6-12-20)19(23)21-13-7-4-8-18(22)26-3/h9-10,14H,4-8,11-13H2,1-3H3,(H,21,23). The highest BCUT2D eigenvalue weighted by atomic mass is 32.2. The molecule has 1 saturated carbocycles. The zero-order valence-corrected chi connectivity index (χ0v) is 17.2. The number of methoxy groups -OCH3 is 1. The molecular weight excluding hydrogens is 366 g/mol. The Labute approximate surface area is 161 Å². The molecule has 6 nitrogen and oxygen atoms in total. The average Bonchev–Trinajstić information content (AvgIpc) is 3.14. The molecule has 1 amide bonds. The van der Waals surface area contributed by atoms with E-state index in [2.05, 4.69) is 10.1 Å². The van der Waals surface area contributed by atoms with Gasteiger partial charge in [-0.3, -0.25) is 9.59 Å². The fraction of sp³-hybridized carbons (Fsp3) is 0.600. The Kier molecular flexibility index (Phi) is 7.03. The number of amides is 1. The lowest BCUT2D eigenvalue weighted by atomic mass is 10.1. The molecule has 1 N–H and O–H groups in total. The van der Waals surface area contributed by atoms with Crippen LogP contribution in [0.4, 0.5) is 0 Å². The van der Waals surface area contributed by atoms with E-state index in [4.69, 9.17) is 0 Å². The molecule has 27 heavy (non-hydrogen) atoms. The molecule has 7 heteroatoms. The number of nitrogens with one attached hydrogen (secondary N) is 1. The minimum Gasteiger partial charge on any atom is -0.469 e. The number of aryl methyl sites for hydroxylation is 2. The lowest BCUT2D eigenvalue weighted by molar-refractivity contribution is -0.140. The monoisotopic (exact) mass is 395 g/mol. The third-order valence-electron chi connectivity index (χ3n) is 5.29. The van der Waals surface area contributed by atoms with Crippen LogP contribution in [0.5, 0.6) is 0 Å². The minimum absolute atomic E-state index is 0.255. The summed E-state index contributed by atoms with van der Waals surface area (Å²) in [5.74, 6) is -0.704. The predicted octanol–water partition coefficient (Wildman–Crippen LogP) is 2.85. The van der Waals surface area contributed by atoms with Gasteiger partial charge in [0.15, 0.2) is 14.6 Å². The van der Waals surface area contributed by atoms with Crippen molar-refractivity contribution in [1.29, 1.82) is 0 Å². The Bertz CT molecular complexity index is 795. The fourth-order valence-corrected chi connectivity index (χ4v) is 6.03.